The van der Waals surface area contributed by atoms with Gasteiger partial charge >= 0.3 is 0 Å². The van der Waals surface area contributed by atoms with Crippen molar-refractivity contribution in [1.29, 1.82) is 0 Å². The quantitative estimate of drug-likeness (QED) is 0.322. The van der Waals surface area contributed by atoms with Gasteiger partial charge in [-0.2, -0.15) is 0 Å². The van der Waals surface area contributed by atoms with Crippen LogP contribution in [0, 0.1) is 0 Å². The van der Waals surface area contributed by atoms with Crippen molar-refractivity contribution in [2.75, 3.05) is 13.1 Å². The molecule has 0 atom stereocenters. The molecule has 0 spiro atoms. The number of carbonyl (C=O) groups is 3. The maximum Gasteiger partial charge on any atom is 0.287 e. The highest BCUT2D eigenvalue weighted by atomic mass is 16.2. The molecule has 1 heterocycles. The molecule has 0 saturated carbocycles. The molecule has 0 aliphatic heterocycles. The monoisotopic (exact) mass is 304 g/mol. The van der Waals surface area contributed by atoms with Crippen molar-refractivity contribution in [2.24, 2.45) is 5.73 Å². The predicted octanol–water partition coefficient (Wildman–Crippen LogP) is -1.21. The molecular weight excluding hydrogens is 288 g/mol. The van der Waals surface area contributed by atoms with Crippen LogP contribution in [0.2, 0.25) is 0 Å². The number of hydrogen-bond acceptors (Lipinski definition) is 5. The van der Waals surface area contributed by atoms with Gasteiger partial charge in [0.2, 0.25) is 5.91 Å². The lowest BCUT2D eigenvalue weighted by Gasteiger charge is -2.06. The molecule has 22 heavy (non-hydrogen) atoms. The molecule has 0 saturated heterocycles. The molecule has 9 nitrogen and oxygen atoms in total. The number of nitrogens with zero attached hydrogens (tertiary/aromatic N) is 1. The van der Waals surface area contributed by atoms with E-state index in [1.165, 1.54) is 0 Å². The summed E-state index contributed by atoms with van der Waals surface area (Å²) in [4.78, 5) is 40.8. The number of primary amides is 1. The number of rotatable bonds is 7. The highest BCUT2D eigenvalue weighted by molar-refractivity contribution is 5.96. The summed E-state index contributed by atoms with van der Waals surface area (Å²) in [5, 5.41) is 2.43. The third-order valence-corrected chi connectivity index (χ3v) is 2.74. The van der Waals surface area contributed by atoms with Gasteiger partial charge in [0.1, 0.15) is 0 Å². The second kappa shape index (κ2) is 7.18. The lowest BCUT2D eigenvalue weighted by atomic mass is 10.3. The average Bonchev–Trinajstić information content (AvgIpc) is 2.93. The summed E-state index contributed by atoms with van der Waals surface area (Å²) in [5.74, 6) is -1.27. The van der Waals surface area contributed by atoms with Crippen LogP contribution in [0.4, 0.5) is 0 Å². The van der Waals surface area contributed by atoms with Crippen molar-refractivity contribution >= 4 is 28.8 Å². The molecule has 1 aromatic carbocycles. The number of hydrazine groups is 1. The van der Waals surface area contributed by atoms with Crippen molar-refractivity contribution in [3.63, 3.8) is 0 Å². The molecule has 0 aliphatic rings. The van der Waals surface area contributed by atoms with Crippen molar-refractivity contribution in [3.05, 3.63) is 30.1 Å². The Morgan fingerprint density at radius 3 is 2.73 bits per heavy atom. The third kappa shape index (κ3) is 4.28. The summed E-state index contributed by atoms with van der Waals surface area (Å²) >= 11 is 0. The molecule has 1 aromatic heterocycles. The van der Waals surface area contributed by atoms with Gasteiger partial charge in [0.15, 0.2) is 5.82 Å². The molecule has 0 radical (unpaired) electrons. The van der Waals surface area contributed by atoms with Gasteiger partial charge < -0.3 is 16.0 Å². The van der Waals surface area contributed by atoms with Crippen LogP contribution in [0.15, 0.2) is 24.3 Å². The molecular formula is C13H16N6O3. The van der Waals surface area contributed by atoms with Crippen LogP contribution >= 0.6 is 0 Å². The first-order chi connectivity index (χ1) is 10.6. The highest BCUT2D eigenvalue weighted by Crippen LogP contribution is 2.09. The molecule has 116 valence electrons. The van der Waals surface area contributed by atoms with Crippen LogP contribution in [0.25, 0.3) is 11.0 Å². The predicted molar refractivity (Wildman–Crippen MR) is 78.4 cm³/mol. The van der Waals surface area contributed by atoms with E-state index in [4.69, 9.17) is 5.73 Å². The number of aromatic amines is 1. The molecule has 0 aliphatic carbocycles. The van der Waals surface area contributed by atoms with Gasteiger partial charge in [0.25, 0.3) is 11.8 Å². The minimum absolute atomic E-state index is 0.103. The van der Waals surface area contributed by atoms with Crippen molar-refractivity contribution < 1.29 is 14.4 Å². The molecule has 2 aromatic rings. The first kappa shape index (κ1) is 15.4. The van der Waals surface area contributed by atoms with E-state index >= 15 is 0 Å². The van der Waals surface area contributed by atoms with Gasteiger partial charge in [-0.1, -0.05) is 12.1 Å². The SMILES string of the molecule is NC(=O)CCNNC(=O)CNC(=O)c1nc2ccccc2[nH]1. The number of hydrogen-bond donors (Lipinski definition) is 5. The van der Waals surface area contributed by atoms with Gasteiger partial charge in [-0.15, -0.1) is 0 Å². The topological polar surface area (TPSA) is 142 Å². The fraction of sp³-hybridized carbons (Fsp3) is 0.231. The Morgan fingerprint density at radius 1 is 1.23 bits per heavy atom. The van der Waals surface area contributed by atoms with Gasteiger partial charge in [0.05, 0.1) is 17.6 Å². The Morgan fingerprint density at radius 2 is 2.00 bits per heavy atom. The molecule has 0 bridgehead atoms. The number of benzene rings is 1. The number of para-hydroxylation sites is 2. The van der Waals surface area contributed by atoms with Crippen LogP contribution in [0.1, 0.15) is 17.0 Å². The number of imidazole rings is 1. The van der Waals surface area contributed by atoms with E-state index in [1.807, 2.05) is 12.1 Å². The minimum Gasteiger partial charge on any atom is -0.370 e. The number of H-pyrrole nitrogens is 1. The highest BCUT2D eigenvalue weighted by Gasteiger charge is 2.12. The number of nitrogens with two attached hydrogens (primary N) is 1. The summed E-state index contributed by atoms with van der Waals surface area (Å²) in [6, 6.07) is 7.22. The Hall–Kier alpha value is -2.94. The van der Waals surface area contributed by atoms with Crippen LogP contribution in [-0.2, 0) is 9.59 Å². The van der Waals surface area contributed by atoms with Crippen LogP contribution in [0.5, 0.6) is 0 Å². The Kier molecular flexibility index (Phi) is 5.04. The van der Waals surface area contributed by atoms with Crippen molar-refractivity contribution in [2.45, 2.75) is 6.42 Å². The molecule has 0 fully saturated rings. The van der Waals surface area contributed by atoms with Crippen molar-refractivity contribution in [1.82, 2.24) is 26.1 Å². The fourth-order valence-electron chi connectivity index (χ4n) is 1.70. The maximum atomic E-state index is 11.9. The Labute approximate surface area is 125 Å². The number of amides is 3. The van der Waals surface area contributed by atoms with Gasteiger partial charge in [0, 0.05) is 13.0 Å². The zero-order valence-electron chi connectivity index (χ0n) is 11.7. The van der Waals surface area contributed by atoms with Gasteiger partial charge in [-0.25, -0.2) is 10.4 Å². The van der Waals surface area contributed by atoms with Gasteiger partial charge in [-0.3, -0.25) is 19.8 Å². The largest absolute Gasteiger partial charge is 0.370 e. The van der Waals surface area contributed by atoms with E-state index in [0.717, 1.165) is 5.52 Å². The second-order valence-electron chi connectivity index (χ2n) is 4.48. The lowest BCUT2D eigenvalue weighted by molar-refractivity contribution is -0.122. The Bertz CT molecular complexity index is 663. The first-order valence-corrected chi connectivity index (χ1v) is 6.59. The van der Waals surface area contributed by atoms with Crippen molar-refractivity contribution in [3.8, 4) is 0 Å². The zero-order valence-corrected chi connectivity index (χ0v) is 11.7. The van der Waals surface area contributed by atoms with E-state index < -0.39 is 17.7 Å². The summed E-state index contributed by atoms with van der Waals surface area (Å²) < 4.78 is 0. The second-order valence-corrected chi connectivity index (χ2v) is 4.48. The zero-order chi connectivity index (χ0) is 15.9. The number of nitrogens with one attached hydrogen (secondary N) is 4. The van der Waals surface area contributed by atoms with E-state index in [9.17, 15) is 14.4 Å². The lowest BCUT2D eigenvalue weighted by Crippen LogP contribution is -2.44. The van der Waals surface area contributed by atoms with Crippen LogP contribution < -0.4 is 21.9 Å². The normalized spacial score (nSPS) is 10.4. The molecule has 0 unspecified atom stereocenters. The van der Waals surface area contributed by atoms with E-state index in [-0.39, 0.29) is 25.3 Å². The number of fused-ring (bicyclic) bond motifs is 1. The van der Waals surface area contributed by atoms with Crippen LogP contribution in [-0.4, -0.2) is 40.8 Å². The van der Waals surface area contributed by atoms with Crippen LogP contribution in [0.3, 0.4) is 0 Å². The smallest absolute Gasteiger partial charge is 0.287 e. The number of aromatic nitrogens is 2. The minimum atomic E-state index is -0.483. The summed E-state index contributed by atoms with van der Waals surface area (Å²) in [5.41, 5.74) is 11.2. The summed E-state index contributed by atoms with van der Waals surface area (Å²) in [6.45, 7) is -0.00194. The summed E-state index contributed by atoms with van der Waals surface area (Å²) in [7, 11) is 0. The fourth-order valence-corrected chi connectivity index (χ4v) is 1.70. The Balaban J connectivity index is 1.77. The van der Waals surface area contributed by atoms with E-state index in [2.05, 4.69) is 26.1 Å². The third-order valence-electron chi connectivity index (χ3n) is 2.74. The van der Waals surface area contributed by atoms with Gasteiger partial charge in [-0.05, 0) is 12.1 Å². The number of carbonyl (C=O) groups excluding carboxylic acids is 3. The van der Waals surface area contributed by atoms with E-state index in [1.54, 1.807) is 12.1 Å². The average molecular weight is 304 g/mol. The molecule has 6 N–H and O–H groups in total. The molecule has 3 amide bonds. The van der Waals surface area contributed by atoms with E-state index in [0.29, 0.717) is 5.52 Å². The molecule has 2 rings (SSSR count). The maximum absolute atomic E-state index is 11.9. The molecule has 9 heteroatoms. The summed E-state index contributed by atoms with van der Waals surface area (Å²) in [6.07, 6.45) is 0.103. The standard InChI is InChI=1S/C13H16N6O3/c14-10(20)5-6-16-19-11(21)7-15-13(22)12-17-8-3-1-2-4-9(8)18-12/h1-4,16H,5-7H2,(H2,14,20)(H,15,22)(H,17,18)(H,19,21). The first-order valence-electron chi connectivity index (χ1n) is 6.59.